The lowest BCUT2D eigenvalue weighted by molar-refractivity contribution is -0.145. The van der Waals surface area contributed by atoms with Crippen LogP contribution in [0, 0.1) is 5.92 Å². The van der Waals surface area contributed by atoms with Crippen LogP contribution >= 0.6 is 0 Å². The normalized spacial score (nSPS) is 19.2. The van der Waals surface area contributed by atoms with E-state index < -0.39 is 17.8 Å². The first-order valence-corrected chi connectivity index (χ1v) is 8.94. The van der Waals surface area contributed by atoms with Crippen LogP contribution in [0.25, 0.3) is 0 Å². The number of hydrogen-bond acceptors (Lipinski definition) is 8. The molecule has 4 rings (SSSR count). The van der Waals surface area contributed by atoms with Gasteiger partial charge in [-0.25, -0.2) is 0 Å². The van der Waals surface area contributed by atoms with Crippen LogP contribution in [0.1, 0.15) is 24.0 Å². The lowest BCUT2D eigenvalue weighted by Crippen LogP contribution is -2.36. The van der Waals surface area contributed by atoms with Crippen molar-refractivity contribution >= 4 is 11.8 Å². The second-order valence-corrected chi connectivity index (χ2v) is 6.69. The summed E-state index contributed by atoms with van der Waals surface area (Å²) in [6.07, 6.45) is 0. The summed E-state index contributed by atoms with van der Waals surface area (Å²) in [6.45, 7) is 1.45. The summed E-state index contributed by atoms with van der Waals surface area (Å²) in [5.74, 6) is 0.0360. The Kier molecular flexibility index (Phi) is 4.70. The molecule has 0 spiro atoms. The second kappa shape index (κ2) is 7.20. The molecule has 0 aliphatic carbocycles. The molecule has 2 aromatic carbocycles. The largest absolute Gasteiger partial charge is 0.493 e. The average Bonchev–Trinajstić information content (AvgIpc) is 3.17. The van der Waals surface area contributed by atoms with Crippen LogP contribution in [0.4, 0.5) is 0 Å². The van der Waals surface area contributed by atoms with Gasteiger partial charge in [0.2, 0.25) is 12.5 Å². The Labute approximate surface area is 167 Å². The third kappa shape index (κ3) is 3.00. The monoisotopic (exact) mass is 400 g/mol. The summed E-state index contributed by atoms with van der Waals surface area (Å²) in [4.78, 5) is 25.1. The van der Waals surface area contributed by atoms with Crippen LogP contribution < -0.4 is 28.4 Å². The molecule has 0 fully saturated rings. The maximum atomic E-state index is 12.7. The number of ether oxygens (including phenoxy) is 6. The summed E-state index contributed by atoms with van der Waals surface area (Å²) >= 11 is 0. The molecule has 8 heteroatoms. The molecule has 0 radical (unpaired) electrons. The molecule has 0 unspecified atom stereocenters. The van der Waals surface area contributed by atoms with E-state index in [0.717, 1.165) is 0 Å². The number of Topliss-reactive ketones (excluding diaryl/α,β-unsaturated/α-hetero) is 1. The fourth-order valence-electron chi connectivity index (χ4n) is 3.81. The van der Waals surface area contributed by atoms with Gasteiger partial charge in [0.05, 0.1) is 21.3 Å². The van der Waals surface area contributed by atoms with Gasteiger partial charge in [0.25, 0.3) is 0 Å². The van der Waals surface area contributed by atoms with Gasteiger partial charge < -0.3 is 28.4 Å². The zero-order chi connectivity index (χ0) is 20.7. The Morgan fingerprint density at radius 3 is 2.10 bits per heavy atom. The quantitative estimate of drug-likeness (QED) is 0.430. The van der Waals surface area contributed by atoms with E-state index in [4.69, 9.17) is 28.4 Å². The molecular weight excluding hydrogens is 380 g/mol. The van der Waals surface area contributed by atoms with Crippen LogP contribution in [0.15, 0.2) is 24.3 Å². The van der Waals surface area contributed by atoms with Gasteiger partial charge in [-0.2, -0.15) is 0 Å². The molecule has 29 heavy (non-hydrogen) atoms. The van der Waals surface area contributed by atoms with Crippen molar-refractivity contribution in [3.8, 4) is 34.5 Å². The van der Waals surface area contributed by atoms with Crippen molar-refractivity contribution < 1.29 is 38.0 Å². The molecule has 0 amide bonds. The smallest absolute Gasteiger partial charge is 0.322 e. The van der Waals surface area contributed by atoms with Gasteiger partial charge in [0.1, 0.15) is 17.5 Å². The molecule has 2 heterocycles. The van der Waals surface area contributed by atoms with Crippen LogP contribution in [0.5, 0.6) is 34.5 Å². The molecule has 0 aromatic heterocycles. The summed E-state index contributed by atoms with van der Waals surface area (Å²) in [5.41, 5.74) is 1.29. The maximum Gasteiger partial charge on any atom is 0.322 e. The highest BCUT2D eigenvalue weighted by molar-refractivity contribution is 6.01. The van der Waals surface area contributed by atoms with E-state index in [9.17, 15) is 9.59 Å². The molecule has 0 saturated carbocycles. The average molecular weight is 400 g/mol. The molecule has 0 saturated heterocycles. The number of fused-ring (bicyclic) bond motifs is 2. The standard InChI is InChI=1S/C21H20O8/c1-10(22)18-19(11-5-16(24-2)20(26-4)17(6-11)25-3)12-7-14-15(28-9-27-14)8-13(12)29-21(18)23/h5-8,18-19H,9H2,1-4H3/t18-,19+/m0/s1. The first-order chi connectivity index (χ1) is 14.0. The minimum Gasteiger partial charge on any atom is -0.493 e. The summed E-state index contributed by atoms with van der Waals surface area (Å²) in [6, 6.07) is 6.81. The van der Waals surface area contributed by atoms with E-state index in [-0.39, 0.29) is 12.6 Å². The Balaban J connectivity index is 1.95. The van der Waals surface area contributed by atoms with Crippen molar-refractivity contribution in [1.29, 1.82) is 0 Å². The lowest BCUT2D eigenvalue weighted by Gasteiger charge is -2.31. The molecule has 152 valence electrons. The van der Waals surface area contributed by atoms with Crippen molar-refractivity contribution in [2.24, 2.45) is 5.92 Å². The Hall–Kier alpha value is -3.42. The number of rotatable bonds is 5. The number of benzene rings is 2. The number of hydrogen-bond donors (Lipinski definition) is 0. The van der Waals surface area contributed by atoms with Crippen molar-refractivity contribution in [3.63, 3.8) is 0 Å². The van der Waals surface area contributed by atoms with E-state index in [1.54, 1.807) is 24.3 Å². The highest BCUT2D eigenvalue weighted by Crippen LogP contribution is 2.50. The Morgan fingerprint density at radius 2 is 1.55 bits per heavy atom. The topological polar surface area (TPSA) is 89.5 Å². The molecular formula is C21H20O8. The highest BCUT2D eigenvalue weighted by atomic mass is 16.7. The van der Waals surface area contributed by atoms with Gasteiger partial charge in [-0.3, -0.25) is 9.59 Å². The zero-order valence-electron chi connectivity index (χ0n) is 16.4. The van der Waals surface area contributed by atoms with Crippen LogP contribution in [0.3, 0.4) is 0 Å². The molecule has 8 nitrogen and oxygen atoms in total. The fourth-order valence-corrected chi connectivity index (χ4v) is 3.81. The van der Waals surface area contributed by atoms with Crippen molar-refractivity contribution in [1.82, 2.24) is 0 Å². The number of carbonyl (C=O) groups is 2. The first-order valence-electron chi connectivity index (χ1n) is 8.94. The molecule has 2 aliphatic heterocycles. The first kappa shape index (κ1) is 18.9. The van der Waals surface area contributed by atoms with Gasteiger partial charge in [0.15, 0.2) is 23.0 Å². The number of carbonyl (C=O) groups excluding carboxylic acids is 2. The van der Waals surface area contributed by atoms with Gasteiger partial charge >= 0.3 is 5.97 Å². The van der Waals surface area contributed by atoms with E-state index in [2.05, 4.69) is 0 Å². The minimum atomic E-state index is -1.02. The SMILES string of the molecule is COc1cc([C@@H]2c3cc4c(cc3OC(=O)[C@H]2C(C)=O)OCO4)cc(OC)c1OC. The molecule has 2 aromatic rings. The predicted molar refractivity (Wildman–Crippen MR) is 100 cm³/mol. The van der Waals surface area contributed by atoms with Crippen LogP contribution in [0.2, 0.25) is 0 Å². The van der Waals surface area contributed by atoms with Crippen molar-refractivity contribution in [3.05, 3.63) is 35.4 Å². The summed E-state index contributed by atoms with van der Waals surface area (Å²) in [5, 5.41) is 0. The fraction of sp³-hybridized carbons (Fsp3) is 0.333. The highest BCUT2D eigenvalue weighted by Gasteiger charge is 2.43. The van der Waals surface area contributed by atoms with E-state index in [1.807, 2.05) is 0 Å². The number of ketones is 1. The van der Waals surface area contributed by atoms with Crippen LogP contribution in [-0.4, -0.2) is 39.9 Å². The number of esters is 1. The Morgan fingerprint density at radius 1 is 0.931 bits per heavy atom. The molecule has 0 N–H and O–H groups in total. The van der Waals surface area contributed by atoms with Gasteiger partial charge in [-0.05, 0) is 30.7 Å². The maximum absolute atomic E-state index is 12.7. The molecule has 2 atom stereocenters. The van der Waals surface area contributed by atoms with Gasteiger partial charge in [-0.1, -0.05) is 0 Å². The molecule has 0 bridgehead atoms. The Bertz CT molecular complexity index is 971. The number of methoxy groups -OCH3 is 3. The minimum absolute atomic E-state index is 0.0805. The van der Waals surface area contributed by atoms with E-state index >= 15 is 0 Å². The van der Waals surface area contributed by atoms with E-state index in [0.29, 0.717) is 45.6 Å². The van der Waals surface area contributed by atoms with Gasteiger partial charge in [-0.15, -0.1) is 0 Å². The van der Waals surface area contributed by atoms with Gasteiger partial charge in [0, 0.05) is 17.5 Å². The van der Waals surface area contributed by atoms with Crippen molar-refractivity contribution in [2.75, 3.05) is 28.1 Å². The van der Waals surface area contributed by atoms with E-state index in [1.165, 1.54) is 28.3 Å². The zero-order valence-corrected chi connectivity index (χ0v) is 16.4. The second-order valence-electron chi connectivity index (χ2n) is 6.69. The molecule has 2 aliphatic rings. The third-order valence-corrected chi connectivity index (χ3v) is 5.12. The summed E-state index contributed by atoms with van der Waals surface area (Å²) < 4.78 is 32.6. The predicted octanol–water partition coefficient (Wildman–Crippen LogP) is 2.70. The third-order valence-electron chi connectivity index (χ3n) is 5.12. The summed E-state index contributed by atoms with van der Waals surface area (Å²) in [7, 11) is 4.52. The lowest BCUT2D eigenvalue weighted by atomic mass is 9.76. The van der Waals surface area contributed by atoms with Crippen LogP contribution in [-0.2, 0) is 9.59 Å². The van der Waals surface area contributed by atoms with Crippen molar-refractivity contribution in [2.45, 2.75) is 12.8 Å².